The first kappa shape index (κ1) is 21.6. The molecule has 0 saturated heterocycles. The van der Waals surface area contributed by atoms with Crippen molar-refractivity contribution in [3.63, 3.8) is 0 Å². The van der Waals surface area contributed by atoms with E-state index in [1.165, 1.54) is 0 Å². The number of aromatic nitrogens is 2. The molecular weight excluding hydrogens is 358 g/mol. The number of guanidine groups is 1. The molecule has 1 unspecified atom stereocenters. The maximum atomic E-state index is 10.6. The Hall–Kier alpha value is -2.74. The van der Waals surface area contributed by atoms with E-state index >= 15 is 0 Å². The van der Waals surface area contributed by atoms with Crippen LogP contribution in [0.1, 0.15) is 25.8 Å². The van der Waals surface area contributed by atoms with Crippen molar-refractivity contribution in [1.82, 2.24) is 20.4 Å². The zero-order valence-electron chi connectivity index (χ0n) is 17.1. The predicted molar refractivity (Wildman–Crippen MR) is 110 cm³/mol. The number of hydrogen-bond donors (Lipinski definition) is 3. The topological polar surface area (TPSA) is 92.9 Å². The molecule has 1 atom stereocenters. The first-order valence-electron chi connectivity index (χ1n) is 9.45. The van der Waals surface area contributed by atoms with Crippen molar-refractivity contribution in [3.05, 3.63) is 42.2 Å². The van der Waals surface area contributed by atoms with Gasteiger partial charge in [-0.05, 0) is 44.5 Å². The lowest BCUT2D eigenvalue weighted by molar-refractivity contribution is 0.0672. The molecule has 1 aromatic carbocycles. The number of benzene rings is 1. The summed E-state index contributed by atoms with van der Waals surface area (Å²) >= 11 is 0. The van der Waals surface area contributed by atoms with E-state index in [1.807, 2.05) is 38.2 Å². The second-order valence-corrected chi connectivity index (χ2v) is 6.68. The lowest BCUT2D eigenvalue weighted by atomic mass is 10.0. The Labute approximate surface area is 166 Å². The number of aryl methyl sites for hydroxylation is 1. The van der Waals surface area contributed by atoms with E-state index in [1.54, 1.807) is 31.1 Å². The van der Waals surface area contributed by atoms with E-state index in [2.05, 4.69) is 20.7 Å². The van der Waals surface area contributed by atoms with Crippen LogP contribution in [0.2, 0.25) is 0 Å². The summed E-state index contributed by atoms with van der Waals surface area (Å²) in [7, 11) is 3.46. The molecule has 0 amide bonds. The molecule has 154 valence electrons. The second-order valence-electron chi connectivity index (χ2n) is 6.68. The summed E-state index contributed by atoms with van der Waals surface area (Å²) in [6.07, 6.45) is 4.27. The van der Waals surface area contributed by atoms with E-state index in [0.717, 1.165) is 30.0 Å². The van der Waals surface area contributed by atoms with Gasteiger partial charge in [-0.15, -0.1) is 0 Å². The molecule has 8 heteroatoms. The smallest absolute Gasteiger partial charge is 0.191 e. The van der Waals surface area contributed by atoms with E-state index in [4.69, 9.17) is 9.47 Å². The molecule has 0 spiro atoms. The summed E-state index contributed by atoms with van der Waals surface area (Å²) in [5, 5.41) is 21.2. The van der Waals surface area contributed by atoms with Gasteiger partial charge in [0.25, 0.3) is 0 Å². The molecule has 3 N–H and O–H groups in total. The van der Waals surface area contributed by atoms with Gasteiger partial charge in [-0.1, -0.05) is 0 Å². The van der Waals surface area contributed by atoms with Crippen LogP contribution in [0.15, 0.2) is 41.7 Å². The highest BCUT2D eigenvalue weighted by molar-refractivity contribution is 5.79. The molecule has 1 heterocycles. The normalized spacial score (nSPS) is 13.7. The first-order chi connectivity index (χ1) is 13.4. The van der Waals surface area contributed by atoms with Crippen molar-refractivity contribution >= 4 is 5.96 Å². The highest BCUT2D eigenvalue weighted by Crippen LogP contribution is 2.20. The summed E-state index contributed by atoms with van der Waals surface area (Å²) < 4.78 is 12.5. The van der Waals surface area contributed by atoms with Gasteiger partial charge in [0, 0.05) is 31.9 Å². The number of ether oxygens (including phenoxy) is 2. The number of aliphatic imine (C=N–C) groups is 1. The van der Waals surface area contributed by atoms with Crippen LogP contribution in [-0.2, 0) is 12.6 Å². The molecular formula is C20H31N5O3. The molecule has 0 aliphatic heterocycles. The fraction of sp³-hybridized carbons (Fsp3) is 0.500. The Morgan fingerprint density at radius 1 is 1.25 bits per heavy atom. The number of hydrogen-bond acceptors (Lipinski definition) is 5. The van der Waals surface area contributed by atoms with Gasteiger partial charge in [0.2, 0.25) is 0 Å². The Balaban J connectivity index is 1.77. The van der Waals surface area contributed by atoms with Crippen LogP contribution in [0.4, 0.5) is 0 Å². The molecule has 0 fully saturated rings. The molecule has 2 rings (SSSR count). The third kappa shape index (κ3) is 6.77. The fourth-order valence-corrected chi connectivity index (χ4v) is 2.51. The number of nitrogens with one attached hydrogen (secondary N) is 2. The number of aliphatic hydroxyl groups is 1. The molecule has 0 aliphatic rings. The van der Waals surface area contributed by atoms with Crippen molar-refractivity contribution in [1.29, 1.82) is 0 Å². The van der Waals surface area contributed by atoms with Crippen LogP contribution in [0.3, 0.4) is 0 Å². The monoisotopic (exact) mass is 389 g/mol. The Kier molecular flexibility index (Phi) is 8.13. The summed E-state index contributed by atoms with van der Waals surface area (Å²) in [5.41, 5.74) is -0.337. The van der Waals surface area contributed by atoms with Gasteiger partial charge in [-0.2, -0.15) is 5.10 Å². The maximum Gasteiger partial charge on any atom is 0.191 e. The van der Waals surface area contributed by atoms with E-state index in [9.17, 15) is 5.11 Å². The van der Waals surface area contributed by atoms with Crippen LogP contribution < -0.4 is 20.1 Å². The summed E-state index contributed by atoms with van der Waals surface area (Å²) in [6, 6.07) is 7.52. The molecule has 0 aliphatic carbocycles. The van der Waals surface area contributed by atoms with Crippen molar-refractivity contribution < 1.29 is 14.6 Å². The van der Waals surface area contributed by atoms with Crippen LogP contribution in [0.25, 0.3) is 0 Å². The molecule has 0 saturated carbocycles. The fourth-order valence-electron chi connectivity index (χ4n) is 2.51. The summed E-state index contributed by atoms with van der Waals surface area (Å²) in [5.74, 6) is 2.28. The van der Waals surface area contributed by atoms with Crippen molar-refractivity contribution in [2.24, 2.45) is 12.0 Å². The predicted octanol–water partition coefficient (Wildman–Crippen LogP) is 1.66. The van der Waals surface area contributed by atoms with Crippen molar-refractivity contribution in [2.75, 3.05) is 33.4 Å². The van der Waals surface area contributed by atoms with Gasteiger partial charge in [-0.25, -0.2) is 4.99 Å². The van der Waals surface area contributed by atoms with Gasteiger partial charge >= 0.3 is 0 Å². The van der Waals surface area contributed by atoms with Gasteiger partial charge in [0.15, 0.2) is 5.96 Å². The Bertz CT molecular complexity index is 741. The highest BCUT2D eigenvalue weighted by atomic mass is 16.5. The first-order valence-corrected chi connectivity index (χ1v) is 9.45. The average molecular weight is 390 g/mol. The van der Waals surface area contributed by atoms with Crippen molar-refractivity contribution in [3.8, 4) is 11.5 Å². The maximum absolute atomic E-state index is 10.6. The van der Waals surface area contributed by atoms with Crippen molar-refractivity contribution in [2.45, 2.75) is 25.9 Å². The summed E-state index contributed by atoms with van der Waals surface area (Å²) in [4.78, 5) is 4.50. The van der Waals surface area contributed by atoms with Gasteiger partial charge < -0.3 is 25.2 Å². The lowest BCUT2D eigenvalue weighted by Gasteiger charge is -2.20. The van der Waals surface area contributed by atoms with Gasteiger partial charge in [0.1, 0.15) is 17.1 Å². The number of methoxy groups -OCH3 is 1. The Morgan fingerprint density at radius 3 is 2.57 bits per heavy atom. The van der Waals surface area contributed by atoms with E-state index < -0.39 is 5.60 Å². The molecule has 1 aromatic heterocycles. The standard InChI is InChI=1S/C20H31N5O3/c1-5-21-19(23-15-20(2,26)16-13-24-25(3)14-16)22-11-6-12-28-18-9-7-17(27-4)8-10-18/h7-10,13-14,26H,5-6,11-12,15H2,1-4H3,(H2,21,22,23). The van der Waals surface area contributed by atoms with Crippen LogP contribution >= 0.6 is 0 Å². The van der Waals surface area contributed by atoms with Crippen LogP contribution in [-0.4, -0.2) is 54.2 Å². The third-order valence-electron chi connectivity index (χ3n) is 4.16. The Morgan fingerprint density at radius 2 is 1.96 bits per heavy atom. The average Bonchev–Trinajstić information content (AvgIpc) is 3.13. The molecule has 0 radical (unpaired) electrons. The minimum atomic E-state index is -1.08. The van der Waals surface area contributed by atoms with E-state index in [0.29, 0.717) is 19.1 Å². The molecule has 2 aromatic rings. The summed E-state index contributed by atoms with van der Waals surface area (Å²) in [6.45, 7) is 6.01. The zero-order valence-corrected chi connectivity index (χ0v) is 17.1. The molecule has 8 nitrogen and oxygen atoms in total. The zero-order chi connectivity index (χ0) is 20.4. The highest BCUT2D eigenvalue weighted by Gasteiger charge is 2.24. The second kappa shape index (κ2) is 10.6. The number of rotatable bonds is 10. The largest absolute Gasteiger partial charge is 0.497 e. The number of nitrogens with zero attached hydrogens (tertiary/aromatic N) is 3. The van der Waals surface area contributed by atoms with Crippen LogP contribution in [0.5, 0.6) is 11.5 Å². The minimum Gasteiger partial charge on any atom is -0.497 e. The third-order valence-corrected chi connectivity index (χ3v) is 4.16. The van der Waals surface area contributed by atoms with Crippen LogP contribution in [0, 0.1) is 0 Å². The van der Waals surface area contributed by atoms with Gasteiger partial charge in [-0.3, -0.25) is 4.68 Å². The quantitative estimate of drug-likeness (QED) is 0.325. The lowest BCUT2D eigenvalue weighted by Crippen LogP contribution is -2.39. The molecule has 28 heavy (non-hydrogen) atoms. The van der Waals surface area contributed by atoms with Gasteiger partial charge in [0.05, 0.1) is 26.5 Å². The SMILES string of the molecule is CCNC(=NCC(C)(O)c1cnn(C)c1)NCCCOc1ccc(OC)cc1. The molecule has 0 bridgehead atoms. The van der Waals surface area contributed by atoms with E-state index in [-0.39, 0.29) is 6.54 Å². The minimum absolute atomic E-state index is 0.233.